The van der Waals surface area contributed by atoms with Gasteiger partial charge in [-0.3, -0.25) is 9.59 Å². The van der Waals surface area contributed by atoms with Gasteiger partial charge in [0.2, 0.25) is 0 Å². The summed E-state index contributed by atoms with van der Waals surface area (Å²) in [6.07, 6.45) is 1.63. The fraction of sp³-hybridized carbons (Fsp3) is 0.296. The summed E-state index contributed by atoms with van der Waals surface area (Å²) in [5.74, 6) is -1.42. The Balaban J connectivity index is 1.69. The third kappa shape index (κ3) is 6.85. The van der Waals surface area contributed by atoms with E-state index in [0.717, 1.165) is 23.6 Å². The number of nitrogens with one attached hydrogen (secondary N) is 2. The molecule has 0 radical (unpaired) electrons. The maximum Gasteiger partial charge on any atom is 0.511 e. The molecule has 0 unspecified atom stereocenters. The first kappa shape index (κ1) is 28.8. The van der Waals surface area contributed by atoms with Crippen LogP contribution in [0.4, 0.5) is 18.9 Å². The number of halogens is 3. The molecule has 4 rings (SSSR count). The lowest BCUT2D eigenvalue weighted by Gasteiger charge is -2.15. The number of aryl methyl sites for hydroxylation is 1. The highest BCUT2D eigenvalue weighted by molar-refractivity contribution is 7.80. The van der Waals surface area contributed by atoms with E-state index < -0.39 is 17.8 Å². The van der Waals surface area contributed by atoms with Crippen molar-refractivity contribution in [2.75, 3.05) is 5.32 Å². The van der Waals surface area contributed by atoms with Gasteiger partial charge in [0.15, 0.2) is 24.2 Å². The van der Waals surface area contributed by atoms with Crippen LogP contribution in [0.2, 0.25) is 0 Å². The van der Waals surface area contributed by atoms with E-state index in [2.05, 4.69) is 44.6 Å². The van der Waals surface area contributed by atoms with E-state index in [4.69, 9.17) is 0 Å². The van der Waals surface area contributed by atoms with Crippen LogP contribution in [0.25, 0.3) is 5.82 Å². The molecule has 0 saturated heterocycles. The number of carbonyl (C=O) groups is 2. The molecule has 0 atom stereocenters. The summed E-state index contributed by atoms with van der Waals surface area (Å²) in [6.45, 7) is 3.27. The number of amides is 2. The van der Waals surface area contributed by atoms with Gasteiger partial charge < -0.3 is 15.7 Å². The van der Waals surface area contributed by atoms with Gasteiger partial charge in [-0.1, -0.05) is 6.92 Å². The zero-order valence-electron chi connectivity index (χ0n) is 21.6. The summed E-state index contributed by atoms with van der Waals surface area (Å²) in [5.41, 5.74) is 0.0275. The number of aliphatic imine (C=N–C) groups is 1. The molecular weight excluding hydrogens is 545 g/mol. The Kier molecular flexibility index (Phi) is 8.55. The summed E-state index contributed by atoms with van der Waals surface area (Å²) < 4.78 is 40.5. The van der Waals surface area contributed by atoms with Crippen LogP contribution in [0, 0.1) is 6.92 Å². The van der Waals surface area contributed by atoms with Gasteiger partial charge in [0.25, 0.3) is 17.5 Å². The topological polar surface area (TPSA) is 122 Å². The van der Waals surface area contributed by atoms with Crippen LogP contribution >= 0.6 is 12.6 Å². The van der Waals surface area contributed by atoms with E-state index in [1.165, 1.54) is 24.4 Å². The molecule has 2 aromatic heterocycles. The molecule has 1 aliphatic carbocycles. The second-order valence-electron chi connectivity index (χ2n) is 9.11. The number of aromatic nitrogens is 3. The maximum atomic E-state index is 13.5. The molecule has 2 heterocycles. The Hall–Kier alpha value is -4.22. The van der Waals surface area contributed by atoms with E-state index in [-0.39, 0.29) is 59.0 Å². The number of rotatable bonds is 9. The van der Waals surface area contributed by atoms with Gasteiger partial charge in [-0.15, -0.1) is 25.8 Å². The Morgan fingerprint density at radius 2 is 2.02 bits per heavy atom. The monoisotopic (exact) mass is 571 g/mol. The molecule has 3 aromatic rings. The van der Waals surface area contributed by atoms with E-state index >= 15 is 0 Å². The minimum atomic E-state index is -4.64. The van der Waals surface area contributed by atoms with Crippen LogP contribution in [-0.4, -0.2) is 50.1 Å². The summed E-state index contributed by atoms with van der Waals surface area (Å²) >= 11 is 4.36. The Bertz CT molecular complexity index is 1500. The van der Waals surface area contributed by atoms with E-state index in [9.17, 15) is 27.9 Å². The van der Waals surface area contributed by atoms with Crippen molar-refractivity contribution in [2.45, 2.75) is 56.6 Å². The van der Waals surface area contributed by atoms with Crippen LogP contribution in [0.15, 0.2) is 58.2 Å². The Morgan fingerprint density at radius 3 is 2.67 bits per heavy atom. The van der Waals surface area contributed by atoms with Crippen molar-refractivity contribution in [1.29, 1.82) is 0 Å². The van der Waals surface area contributed by atoms with Gasteiger partial charge in [0.05, 0.1) is 16.9 Å². The van der Waals surface area contributed by atoms with Crippen molar-refractivity contribution in [1.82, 2.24) is 20.1 Å². The third-order valence-corrected chi connectivity index (χ3v) is 6.08. The lowest BCUT2D eigenvalue weighted by atomic mass is 10.1. The smallest absolute Gasteiger partial charge is 0.504 e. The van der Waals surface area contributed by atoms with E-state index in [1.807, 2.05) is 0 Å². The number of allylic oxidation sites excluding steroid dienone is 2. The largest absolute Gasteiger partial charge is 0.511 e. The number of carbonyl (C=O) groups excluding carboxylic acids is 2. The molecule has 40 heavy (non-hydrogen) atoms. The lowest BCUT2D eigenvalue weighted by molar-refractivity contribution is -0.0925. The molecule has 1 saturated carbocycles. The standard InChI is InChI=1S/C27H25F3N6O3S/c1-3-5-22(27(28,29)30)31-11-9-17-13-20(36(35-17)24-21(37)6-4-10-32-24)26(39)34-23-15(2)12-18(40)14-19(23)25(38)33-16-7-8-16/h4-6,10,12-14,16H,3,7-9H2,1-2H3,(H3-,33,34,35,37,38,39,40)/p+1/b22-5+. The van der Waals surface area contributed by atoms with Crippen molar-refractivity contribution >= 4 is 36.3 Å². The average molecular weight is 572 g/mol. The molecule has 9 nitrogen and oxygen atoms in total. The highest BCUT2D eigenvalue weighted by atomic mass is 32.1. The van der Waals surface area contributed by atoms with E-state index in [1.54, 1.807) is 26.0 Å². The quantitative estimate of drug-likeness (QED) is 0.163. The van der Waals surface area contributed by atoms with Crippen molar-refractivity contribution in [3.8, 4) is 11.6 Å². The van der Waals surface area contributed by atoms with Gasteiger partial charge in [-0.2, -0.15) is 5.10 Å². The molecule has 1 aliphatic rings. The molecule has 1 aromatic carbocycles. The van der Waals surface area contributed by atoms with Crippen molar-refractivity contribution in [2.24, 2.45) is 4.99 Å². The van der Waals surface area contributed by atoms with Crippen LogP contribution < -0.4 is 10.6 Å². The van der Waals surface area contributed by atoms with Gasteiger partial charge >= 0.3 is 6.18 Å². The highest BCUT2D eigenvalue weighted by Crippen LogP contribution is 2.29. The third-order valence-electron chi connectivity index (χ3n) is 5.82. The zero-order chi connectivity index (χ0) is 29.0. The van der Waals surface area contributed by atoms with Gasteiger partial charge in [-0.25, -0.2) is 9.67 Å². The van der Waals surface area contributed by atoms with Gasteiger partial charge in [0.1, 0.15) is 5.69 Å². The molecule has 0 spiro atoms. The molecule has 0 bridgehead atoms. The number of aromatic hydroxyl groups is 1. The summed E-state index contributed by atoms with van der Waals surface area (Å²) in [4.78, 5) is 34.5. The SMILES string of the molecule is CC/C=C(/N=[C+]Cc1cc(C(=O)Nc2c(C)cc(S)cc2C(=O)NC2CC2)n(-c2ncccc2O)n1)C(F)(F)F. The normalized spacial score (nSPS) is 13.8. The average Bonchev–Trinajstić information content (AvgIpc) is 3.60. The summed E-state index contributed by atoms with van der Waals surface area (Å²) in [6, 6.07) is 7.47. The van der Waals surface area contributed by atoms with E-state index in [0.29, 0.717) is 10.5 Å². The van der Waals surface area contributed by atoms with Crippen molar-refractivity contribution in [3.05, 3.63) is 70.8 Å². The van der Waals surface area contributed by atoms with Gasteiger partial charge in [-0.05, 0) is 67.1 Å². The molecular formula is C27H26F3N6O3S+. The van der Waals surface area contributed by atoms with Crippen molar-refractivity contribution in [3.63, 3.8) is 0 Å². The molecule has 3 N–H and O–H groups in total. The number of hydrogen-bond donors (Lipinski definition) is 4. The highest BCUT2D eigenvalue weighted by Gasteiger charge is 2.42. The fourth-order valence-corrected chi connectivity index (χ4v) is 4.12. The molecule has 208 valence electrons. The number of benzene rings is 1. The second kappa shape index (κ2) is 11.9. The number of nitrogens with zero attached hydrogens (tertiary/aromatic N) is 4. The number of anilines is 1. The second-order valence-corrected chi connectivity index (χ2v) is 9.62. The minimum Gasteiger partial charge on any atom is -0.504 e. The van der Waals surface area contributed by atoms with Crippen LogP contribution in [0.5, 0.6) is 5.75 Å². The molecule has 13 heteroatoms. The Labute approximate surface area is 233 Å². The first-order valence-electron chi connectivity index (χ1n) is 12.4. The predicted molar refractivity (Wildman–Crippen MR) is 145 cm³/mol. The molecule has 1 fully saturated rings. The summed E-state index contributed by atoms with van der Waals surface area (Å²) in [5, 5.41) is 20.3. The lowest BCUT2D eigenvalue weighted by Crippen LogP contribution is -2.27. The number of pyridine rings is 1. The van der Waals surface area contributed by atoms with Crippen LogP contribution in [0.1, 0.15) is 58.3 Å². The molecule has 2 amide bonds. The van der Waals surface area contributed by atoms with Crippen molar-refractivity contribution < 1.29 is 27.9 Å². The number of alkyl halides is 3. The number of hydrogen-bond acceptors (Lipinski definition) is 7. The Morgan fingerprint density at radius 1 is 1.27 bits per heavy atom. The predicted octanol–water partition coefficient (Wildman–Crippen LogP) is 5.06. The van der Waals surface area contributed by atoms with Crippen LogP contribution in [0.3, 0.4) is 0 Å². The maximum absolute atomic E-state index is 13.5. The minimum absolute atomic E-state index is 0.0770. The zero-order valence-corrected chi connectivity index (χ0v) is 22.5. The first-order valence-corrected chi connectivity index (χ1v) is 12.8. The van der Waals surface area contributed by atoms with Gasteiger partial charge in [0, 0.05) is 23.2 Å². The molecule has 0 aliphatic heterocycles. The number of thiol groups is 1. The first-order chi connectivity index (χ1) is 19.0. The summed E-state index contributed by atoms with van der Waals surface area (Å²) in [7, 11) is 0. The fourth-order valence-electron chi connectivity index (χ4n) is 3.80. The van der Waals surface area contributed by atoms with Crippen LogP contribution in [-0.2, 0) is 6.42 Å².